The molecule has 0 atom stereocenters. The average Bonchev–Trinajstić information content (AvgIpc) is 2.17. The third kappa shape index (κ3) is 4.70. The smallest absolute Gasteiger partial charge is 0.252 e. The zero-order chi connectivity index (χ0) is 11.3. The van der Waals surface area contributed by atoms with Gasteiger partial charge in [0, 0.05) is 17.6 Å². The zero-order valence-electron chi connectivity index (χ0n) is 8.72. The van der Waals surface area contributed by atoms with Crippen molar-refractivity contribution in [2.24, 2.45) is 0 Å². The quantitative estimate of drug-likeness (QED) is 0.834. The van der Waals surface area contributed by atoms with Gasteiger partial charge in [0.2, 0.25) is 0 Å². The largest absolute Gasteiger partial charge is 0.351 e. The Bertz CT molecular complexity index is 361. The summed E-state index contributed by atoms with van der Waals surface area (Å²) in [6.45, 7) is 1.32. The molecule has 1 rings (SSSR count). The summed E-state index contributed by atoms with van der Waals surface area (Å²) in [6.07, 6.45) is 0. The number of carbonyl (C=O) groups is 1. The number of amides is 1. The van der Waals surface area contributed by atoms with Crippen LogP contribution in [0.2, 0.25) is 5.02 Å². The maximum absolute atomic E-state index is 11.6. The standard InChI is InChI=1S/C10H12BrClN2O.ClH/c1-13-4-5-14-10(15)8-3-2-7(11)6-9(8)12;/h2-3,6,13H,4-5H2,1H3,(H,14,15);1H. The summed E-state index contributed by atoms with van der Waals surface area (Å²) in [5.74, 6) is -0.150. The molecular formula is C10H13BrCl2N2O. The minimum absolute atomic E-state index is 0. The van der Waals surface area contributed by atoms with E-state index in [-0.39, 0.29) is 18.3 Å². The Hall–Kier alpha value is -0.290. The van der Waals surface area contributed by atoms with E-state index >= 15 is 0 Å². The third-order valence-corrected chi connectivity index (χ3v) is 2.64. The lowest BCUT2D eigenvalue weighted by Crippen LogP contribution is -2.30. The number of benzene rings is 1. The lowest BCUT2D eigenvalue weighted by molar-refractivity contribution is 0.0954. The summed E-state index contributed by atoms with van der Waals surface area (Å²) in [6, 6.07) is 5.19. The van der Waals surface area contributed by atoms with Crippen molar-refractivity contribution in [1.29, 1.82) is 0 Å². The van der Waals surface area contributed by atoms with Crippen molar-refractivity contribution >= 4 is 45.8 Å². The second-order valence-electron chi connectivity index (χ2n) is 2.98. The summed E-state index contributed by atoms with van der Waals surface area (Å²) in [7, 11) is 1.83. The Labute approximate surface area is 114 Å². The highest BCUT2D eigenvalue weighted by Crippen LogP contribution is 2.20. The van der Waals surface area contributed by atoms with Crippen LogP contribution in [0.15, 0.2) is 22.7 Å². The highest BCUT2D eigenvalue weighted by atomic mass is 79.9. The van der Waals surface area contributed by atoms with Crippen molar-refractivity contribution in [3.63, 3.8) is 0 Å². The summed E-state index contributed by atoms with van der Waals surface area (Å²) in [5.41, 5.74) is 0.496. The Balaban J connectivity index is 0.00000225. The Kier molecular flexibility index (Phi) is 7.76. The summed E-state index contributed by atoms with van der Waals surface area (Å²) in [4.78, 5) is 11.6. The lowest BCUT2D eigenvalue weighted by atomic mass is 10.2. The van der Waals surface area contributed by atoms with E-state index in [0.717, 1.165) is 11.0 Å². The molecule has 1 aromatic carbocycles. The van der Waals surface area contributed by atoms with Crippen LogP contribution in [0.3, 0.4) is 0 Å². The molecule has 0 aliphatic rings. The van der Waals surface area contributed by atoms with Gasteiger partial charge in [0.25, 0.3) is 5.91 Å². The Morgan fingerprint density at radius 2 is 2.12 bits per heavy atom. The fourth-order valence-electron chi connectivity index (χ4n) is 1.07. The average molecular weight is 328 g/mol. The van der Waals surface area contributed by atoms with Crippen LogP contribution in [0.4, 0.5) is 0 Å². The van der Waals surface area contributed by atoms with Gasteiger partial charge in [-0.15, -0.1) is 12.4 Å². The molecule has 0 unspecified atom stereocenters. The summed E-state index contributed by atoms with van der Waals surface area (Å²) >= 11 is 9.21. The molecule has 0 aliphatic carbocycles. The van der Waals surface area contributed by atoms with E-state index < -0.39 is 0 Å². The van der Waals surface area contributed by atoms with Gasteiger partial charge in [-0.25, -0.2) is 0 Å². The number of carbonyl (C=O) groups excluding carboxylic acids is 1. The number of hydrogen-bond acceptors (Lipinski definition) is 2. The molecule has 0 radical (unpaired) electrons. The molecule has 0 bridgehead atoms. The Morgan fingerprint density at radius 3 is 2.69 bits per heavy atom. The van der Waals surface area contributed by atoms with Gasteiger partial charge in [0.05, 0.1) is 10.6 Å². The molecule has 6 heteroatoms. The number of likely N-dealkylation sites (N-methyl/N-ethyl adjacent to an activating group) is 1. The van der Waals surface area contributed by atoms with Gasteiger partial charge in [-0.1, -0.05) is 27.5 Å². The SMILES string of the molecule is CNCCNC(=O)c1ccc(Br)cc1Cl.Cl. The van der Waals surface area contributed by atoms with Gasteiger partial charge in [0.1, 0.15) is 0 Å². The van der Waals surface area contributed by atoms with E-state index in [4.69, 9.17) is 11.6 Å². The fourth-order valence-corrected chi connectivity index (χ4v) is 1.83. The van der Waals surface area contributed by atoms with E-state index in [2.05, 4.69) is 26.6 Å². The van der Waals surface area contributed by atoms with Crippen LogP contribution in [0, 0.1) is 0 Å². The topological polar surface area (TPSA) is 41.1 Å². The molecule has 1 aromatic rings. The zero-order valence-corrected chi connectivity index (χ0v) is 11.9. The van der Waals surface area contributed by atoms with E-state index in [9.17, 15) is 4.79 Å². The van der Waals surface area contributed by atoms with Gasteiger partial charge in [0.15, 0.2) is 0 Å². The highest BCUT2D eigenvalue weighted by molar-refractivity contribution is 9.10. The number of hydrogen-bond donors (Lipinski definition) is 2. The maximum Gasteiger partial charge on any atom is 0.252 e. The van der Waals surface area contributed by atoms with Crippen molar-refractivity contribution < 1.29 is 4.79 Å². The first kappa shape index (κ1) is 15.7. The summed E-state index contributed by atoms with van der Waals surface area (Å²) < 4.78 is 0.860. The molecule has 3 nitrogen and oxygen atoms in total. The van der Waals surface area contributed by atoms with Crippen molar-refractivity contribution in [3.05, 3.63) is 33.3 Å². The van der Waals surface area contributed by atoms with Crippen LogP contribution in [-0.2, 0) is 0 Å². The van der Waals surface area contributed by atoms with E-state index in [1.807, 2.05) is 7.05 Å². The second kappa shape index (κ2) is 7.90. The normalized spacial score (nSPS) is 9.44. The summed E-state index contributed by atoms with van der Waals surface area (Å²) in [5, 5.41) is 6.15. The van der Waals surface area contributed by atoms with Crippen LogP contribution in [0.1, 0.15) is 10.4 Å². The van der Waals surface area contributed by atoms with Gasteiger partial charge >= 0.3 is 0 Å². The van der Waals surface area contributed by atoms with Crippen LogP contribution in [-0.4, -0.2) is 26.0 Å². The molecule has 2 N–H and O–H groups in total. The maximum atomic E-state index is 11.6. The molecular weight excluding hydrogens is 315 g/mol. The van der Waals surface area contributed by atoms with Crippen molar-refractivity contribution in [1.82, 2.24) is 10.6 Å². The van der Waals surface area contributed by atoms with Crippen molar-refractivity contribution in [2.75, 3.05) is 20.1 Å². The number of nitrogens with one attached hydrogen (secondary N) is 2. The first-order valence-electron chi connectivity index (χ1n) is 4.53. The highest BCUT2D eigenvalue weighted by Gasteiger charge is 2.09. The molecule has 90 valence electrons. The molecule has 1 amide bonds. The lowest BCUT2D eigenvalue weighted by Gasteiger charge is -2.06. The molecule has 0 aliphatic heterocycles. The molecule has 0 spiro atoms. The molecule has 0 saturated carbocycles. The van der Waals surface area contributed by atoms with E-state index in [1.54, 1.807) is 18.2 Å². The van der Waals surface area contributed by atoms with Crippen LogP contribution >= 0.6 is 39.9 Å². The molecule has 0 saturated heterocycles. The van der Waals surface area contributed by atoms with Crippen molar-refractivity contribution in [2.45, 2.75) is 0 Å². The van der Waals surface area contributed by atoms with Crippen LogP contribution in [0.25, 0.3) is 0 Å². The van der Waals surface area contributed by atoms with Gasteiger partial charge < -0.3 is 10.6 Å². The molecule has 16 heavy (non-hydrogen) atoms. The molecule has 0 aromatic heterocycles. The first-order chi connectivity index (χ1) is 7.15. The number of rotatable bonds is 4. The predicted octanol–water partition coefficient (Wildman–Crippen LogP) is 2.47. The van der Waals surface area contributed by atoms with Crippen LogP contribution in [0.5, 0.6) is 0 Å². The van der Waals surface area contributed by atoms with Gasteiger partial charge in [-0.3, -0.25) is 4.79 Å². The predicted molar refractivity (Wildman–Crippen MR) is 72.7 cm³/mol. The minimum atomic E-state index is -0.150. The monoisotopic (exact) mass is 326 g/mol. The number of halogens is 3. The van der Waals surface area contributed by atoms with Crippen LogP contribution < -0.4 is 10.6 Å². The molecule has 0 fully saturated rings. The van der Waals surface area contributed by atoms with Gasteiger partial charge in [-0.05, 0) is 25.2 Å². The van der Waals surface area contributed by atoms with E-state index in [0.29, 0.717) is 17.1 Å². The minimum Gasteiger partial charge on any atom is -0.351 e. The van der Waals surface area contributed by atoms with E-state index in [1.165, 1.54) is 0 Å². The first-order valence-corrected chi connectivity index (χ1v) is 5.70. The third-order valence-electron chi connectivity index (χ3n) is 1.84. The van der Waals surface area contributed by atoms with Crippen molar-refractivity contribution in [3.8, 4) is 0 Å². The molecule has 0 heterocycles. The second-order valence-corrected chi connectivity index (χ2v) is 4.31. The Morgan fingerprint density at radius 1 is 1.44 bits per heavy atom. The van der Waals surface area contributed by atoms with Gasteiger partial charge in [-0.2, -0.15) is 0 Å². The fraction of sp³-hybridized carbons (Fsp3) is 0.300.